The number of carbonyl (C=O) groups is 3. The molecule has 0 aromatic heterocycles. The standard InChI is InChI=1S/C18H14N2O5/c1-25-15-8-7-11(10-14(15)21)9-13-16(22)19-18(24)20(17(13)23)12-5-3-2-4-6-12/h2-10,21H,1H3,(H,19,22,24)/b13-9-. The molecule has 1 saturated heterocycles. The fourth-order valence-electron chi connectivity index (χ4n) is 2.43. The minimum Gasteiger partial charge on any atom is -0.504 e. The number of para-hydroxylation sites is 1. The summed E-state index contributed by atoms with van der Waals surface area (Å²) in [6.45, 7) is 0. The number of nitrogens with zero attached hydrogens (tertiary/aromatic N) is 1. The van der Waals surface area contributed by atoms with Gasteiger partial charge in [0.1, 0.15) is 5.57 Å². The molecule has 3 rings (SSSR count). The van der Waals surface area contributed by atoms with Gasteiger partial charge in [0, 0.05) is 0 Å². The molecule has 2 N–H and O–H groups in total. The zero-order valence-electron chi connectivity index (χ0n) is 13.2. The van der Waals surface area contributed by atoms with Crippen molar-refractivity contribution in [1.29, 1.82) is 0 Å². The van der Waals surface area contributed by atoms with Crippen molar-refractivity contribution in [3.8, 4) is 11.5 Å². The summed E-state index contributed by atoms with van der Waals surface area (Å²) >= 11 is 0. The quantitative estimate of drug-likeness (QED) is 0.660. The molecular weight excluding hydrogens is 324 g/mol. The maximum absolute atomic E-state index is 12.6. The minimum absolute atomic E-state index is 0.128. The van der Waals surface area contributed by atoms with E-state index < -0.39 is 17.8 Å². The van der Waals surface area contributed by atoms with Gasteiger partial charge in [-0.1, -0.05) is 24.3 Å². The van der Waals surface area contributed by atoms with Gasteiger partial charge in [-0.15, -0.1) is 0 Å². The van der Waals surface area contributed by atoms with Gasteiger partial charge in [0.2, 0.25) is 0 Å². The Morgan fingerprint density at radius 3 is 2.44 bits per heavy atom. The highest BCUT2D eigenvalue weighted by atomic mass is 16.5. The van der Waals surface area contributed by atoms with E-state index in [1.54, 1.807) is 36.4 Å². The van der Waals surface area contributed by atoms with Crippen LogP contribution >= 0.6 is 0 Å². The molecular formula is C18H14N2O5. The molecule has 126 valence electrons. The van der Waals surface area contributed by atoms with E-state index in [4.69, 9.17) is 4.74 Å². The molecule has 1 aliphatic heterocycles. The predicted octanol–water partition coefficient (Wildman–Crippen LogP) is 2.07. The van der Waals surface area contributed by atoms with Crippen molar-refractivity contribution >= 4 is 29.6 Å². The van der Waals surface area contributed by atoms with Crippen LogP contribution in [0, 0.1) is 0 Å². The van der Waals surface area contributed by atoms with Crippen LogP contribution in [0.4, 0.5) is 10.5 Å². The number of nitrogens with one attached hydrogen (secondary N) is 1. The summed E-state index contributed by atoms with van der Waals surface area (Å²) in [7, 11) is 1.41. The Bertz CT molecular complexity index is 890. The maximum Gasteiger partial charge on any atom is 0.335 e. The van der Waals surface area contributed by atoms with Crippen molar-refractivity contribution in [2.24, 2.45) is 0 Å². The predicted molar refractivity (Wildman–Crippen MR) is 90.1 cm³/mol. The second-order valence-electron chi connectivity index (χ2n) is 5.22. The second kappa shape index (κ2) is 6.48. The number of aromatic hydroxyl groups is 1. The smallest absolute Gasteiger partial charge is 0.335 e. The van der Waals surface area contributed by atoms with Crippen LogP contribution in [0.5, 0.6) is 11.5 Å². The highest BCUT2D eigenvalue weighted by Crippen LogP contribution is 2.28. The first-order valence-corrected chi connectivity index (χ1v) is 7.35. The molecule has 1 fully saturated rings. The first kappa shape index (κ1) is 16.3. The molecule has 0 saturated carbocycles. The van der Waals surface area contributed by atoms with Crippen molar-refractivity contribution in [2.75, 3.05) is 12.0 Å². The summed E-state index contributed by atoms with van der Waals surface area (Å²) in [4.78, 5) is 37.6. The zero-order chi connectivity index (χ0) is 18.0. The summed E-state index contributed by atoms with van der Waals surface area (Å²) in [5.41, 5.74) is 0.549. The number of imide groups is 2. The van der Waals surface area contributed by atoms with Crippen LogP contribution < -0.4 is 15.0 Å². The van der Waals surface area contributed by atoms with E-state index in [-0.39, 0.29) is 17.1 Å². The summed E-state index contributed by atoms with van der Waals surface area (Å²) < 4.78 is 4.95. The van der Waals surface area contributed by atoms with Crippen LogP contribution in [-0.4, -0.2) is 30.1 Å². The molecule has 0 unspecified atom stereocenters. The van der Waals surface area contributed by atoms with Gasteiger partial charge in [-0.25, -0.2) is 9.69 Å². The van der Waals surface area contributed by atoms with Crippen LogP contribution in [-0.2, 0) is 9.59 Å². The zero-order valence-corrected chi connectivity index (χ0v) is 13.2. The van der Waals surface area contributed by atoms with E-state index in [1.807, 2.05) is 0 Å². The number of anilines is 1. The van der Waals surface area contributed by atoms with Crippen molar-refractivity contribution < 1.29 is 24.2 Å². The number of carbonyl (C=O) groups excluding carboxylic acids is 3. The number of amides is 4. The number of phenols is 1. The Hall–Kier alpha value is -3.61. The molecule has 1 aliphatic rings. The van der Waals surface area contributed by atoms with Crippen molar-refractivity contribution in [3.63, 3.8) is 0 Å². The molecule has 2 aromatic carbocycles. The lowest BCUT2D eigenvalue weighted by Gasteiger charge is -2.26. The Kier molecular flexibility index (Phi) is 4.21. The average molecular weight is 338 g/mol. The van der Waals surface area contributed by atoms with Crippen LogP contribution in [0.15, 0.2) is 54.1 Å². The second-order valence-corrected chi connectivity index (χ2v) is 5.22. The highest BCUT2D eigenvalue weighted by molar-refractivity contribution is 6.39. The number of phenolic OH excluding ortho intramolecular Hbond substituents is 1. The molecule has 0 aliphatic carbocycles. The van der Waals surface area contributed by atoms with Gasteiger partial charge in [-0.2, -0.15) is 0 Å². The van der Waals surface area contributed by atoms with Gasteiger partial charge < -0.3 is 9.84 Å². The maximum atomic E-state index is 12.6. The third kappa shape index (κ3) is 3.07. The van der Waals surface area contributed by atoms with E-state index >= 15 is 0 Å². The fourth-order valence-corrected chi connectivity index (χ4v) is 2.43. The molecule has 0 spiro atoms. The molecule has 7 nitrogen and oxygen atoms in total. The lowest BCUT2D eigenvalue weighted by atomic mass is 10.1. The van der Waals surface area contributed by atoms with E-state index in [2.05, 4.69) is 5.32 Å². The summed E-state index contributed by atoms with van der Waals surface area (Å²) in [5.74, 6) is -1.40. The number of barbiturate groups is 1. The van der Waals surface area contributed by atoms with Gasteiger partial charge in [-0.05, 0) is 35.9 Å². The fraction of sp³-hybridized carbons (Fsp3) is 0.0556. The number of hydrogen-bond donors (Lipinski definition) is 2. The van der Waals surface area contributed by atoms with Gasteiger partial charge >= 0.3 is 6.03 Å². The number of hydrogen-bond acceptors (Lipinski definition) is 5. The molecule has 7 heteroatoms. The SMILES string of the molecule is COc1ccc(/C=C2/C(=O)NC(=O)N(c3ccccc3)C2=O)cc1O. The number of methoxy groups -OCH3 is 1. The highest BCUT2D eigenvalue weighted by Gasteiger charge is 2.36. The summed E-state index contributed by atoms with van der Waals surface area (Å²) in [6, 6.07) is 11.9. The third-order valence-corrected chi connectivity index (χ3v) is 3.63. The lowest BCUT2D eigenvalue weighted by molar-refractivity contribution is -0.122. The van der Waals surface area contributed by atoms with E-state index in [0.29, 0.717) is 11.3 Å². The van der Waals surface area contributed by atoms with Gasteiger partial charge in [0.15, 0.2) is 11.5 Å². The van der Waals surface area contributed by atoms with Gasteiger partial charge in [-0.3, -0.25) is 14.9 Å². The lowest BCUT2D eigenvalue weighted by Crippen LogP contribution is -2.54. The molecule has 2 aromatic rings. The van der Waals surface area contributed by atoms with Gasteiger partial charge in [0.25, 0.3) is 11.8 Å². The van der Waals surface area contributed by atoms with Crippen LogP contribution in [0.3, 0.4) is 0 Å². The van der Waals surface area contributed by atoms with Crippen molar-refractivity contribution in [1.82, 2.24) is 5.32 Å². The topological polar surface area (TPSA) is 95.9 Å². The van der Waals surface area contributed by atoms with Crippen LogP contribution in [0.2, 0.25) is 0 Å². The molecule has 0 radical (unpaired) electrons. The first-order chi connectivity index (χ1) is 12.0. The first-order valence-electron chi connectivity index (χ1n) is 7.35. The Balaban J connectivity index is 2.00. The van der Waals surface area contributed by atoms with Crippen LogP contribution in [0.25, 0.3) is 6.08 Å². The minimum atomic E-state index is -0.809. The number of benzene rings is 2. The largest absolute Gasteiger partial charge is 0.504 e. The van der Waals surface area contributed by atoms with Crippen molar-refractivity contribution in [2.45, 2.75) is 0 Å². The van der Waals surface area contributed by atoms with E-state index in [0.717, 1.165) is 4.90 Å². The normalized spacial score (nSPS) is 16.1. The van der Waals surface area contributed by atoms with Crippen LogP contribution in [0.1, 0.15) is 5.56 Å². The monoisotopic (exact) mass is 338 g/mol. The Labute approximate surface area is 143 Å². The van der Waals surface area contributed by atoms with E-state index in [9.17, 15) is 19.5 Å². The average Bonchev–Trinajstić information content (AvgIpc) is 2.59. The molecule has 25 heavy (non-hydrogen) atoms. The van der Waals surface area contributed by atoms with Crippen molar-refractivity contribution in [3.05, 3.63) is 59.7 Å². The summed E-state index contributed by atoms with van der Waals surface area (Å²) in [5, 5.41) is 12.0. The number of rotatable bonds is 3. The molecule has 1 heterocycles. The molecule has 0 bridgehead atoms. The number of ether oxygens (including phenoxy) is 1. The van der Waals surface area contributed by atoms with E-state index in [1.165, 1.54) is 25.3 Å². The van der Waals surface area contributed by atoms with Gasteiger partial charge in [0.05, 0.1) is 12.8 Å². The number of urea groups is 1. The Morgan fingerprint density at radius 1 is 1.08 bits per heavy atom. The molecule has 0 atom stereocenters. The Morgan fingerprint density at radius 2 is 1.80 bits per heavy atom. The third-order valence-electron chi connectivity index (χ3n) is 3.63. The molecule has 4 amide bonds. The summed E-state index contributed by atoms with van der Waals surface area (Å²) in [6.07, 6.45) is 1.30.